The van der Waals surface area contributed by atoms with Crippen molar-refractivity contribution in [1.82, 2.24) is 5.32 Å². The van der Waals surface area contributed by atoms with Crippen molar-refractivity contribution in [2.24, 2.45) is 0 Å². The van der Waals surface area contributed by atoms with Gasteiger partial charge in [-0.2, -0.15) is 11.8 Å². The Kier molecular flexibility index (Phi) is 4.93. The third-order valence-electron chi connectivity index (χ3n) is 3.84. The Morgan fingerprint density at radius 1 is 1.47 bits per heavy atom. The Bertz CT molecular complexity index is 424. The van der Waals surface area contributed by atoms with Crippen LogP contribution < -0.4 is 5.32 Å². The molecule has 0 bridgehead atoms. The van der Waals surface area contributed by atoms with Crippen molar-refractivity contribution in [1.29, 1.82) is 0 Å². The van der Waals surface area contributed by atoms with Gasteiger partial charge in [0.1, 0.15) is 12.0 Å². The third kappa shape index (κ3) is 3.76. The summed E-state index contributed by atoms with van der Waals surface area (Å²) < 4.78 is 5.58. The normalized spacial score (nSPS) is 18.4. The summed E-state index contributed by atoms with van der Waals surface area (Å²) in [5.74, 6) is -0.257. The molecule has 5 heteroatoms. The van der Waals surface area contributed by atoms with Crippen LogP contribution in [0.4, 0.5) is 0 Å². The van der Waals surface area contributed by atoms with Crippen LogP contribution in [0.5, 0.6) is 0 Å². The van der Waals surface area contributed by atoms with E-state index in [4.69, 9.17) is 9.52 Å². The summed E-state index contributed by atoms with van der Waals surface area (Å²) in [5, 5.41) is 12.2. The molecule has 0 radical (unpaired) electrons. The third-order valence-corrected chi connectivity index (χ3v) is 5.26. The van der Waals surface area contributed by atoms with Gasteiger partial charge in [-0.05, 0) is 25.2 Å². The lowest BCUT2D eigenvalue weighted by Gasteiger charge is -2.35. The van der Waals surface area contributed by atoms with Crippen LogP contribution in [0, 0.1) is 0 Å². The predicted molar refractivity (Wildman–Crippen MR) is 76.7 cm³/mol. The zero-order chi connectivity index (χ0) is 13.7. The summed E-state index contributed by atoms with van der Waals surface area (Å²) in [6.07, 6.45) is 9.98. The number of hydrogen-bond donors (Lipinski definition) is 2. The maximum absolute atomic E-state index is 10.7. The molecule has 0 aromatic carbocycles. The Morgan fingerprint density at radius 2 is 2.21 bits per heavy atom. The van der Waals surface area contributed by atoms with Gasteiger partial charge >= 0.3 is 5.97 Å². The van der Waals surface area contributed by atoms with Crippen molar-refractivity contribution in [2.75, 3.05) is 12.8 Å². The summed E-state index contributed by atoms with van der Waals surface area (Å²) in [6.45, 7) is 1.55. The Labute approximate surface area is 117 Å². The molecule has 1 saturated carbocycles. The van der Waals surface area contributed by atoms with Crippen LogP contribution >= 0.6 is 11.8 Å². The van der Waals surface area contributed by atoms with E-state index in [1.807, 2.05) is 11.8 Å². The van der Waals surface area contributed by atoms with Gasteiger partial charge in [0.25, 0.3) is 0 Å². The average Bonchev–Trinajstić information content (AvgIpc) is 2.89. The van der Waals surface area contributed by atoms with Crippen molar-refractivity contribution >= 4 is 17.7 Å². The van der Waals surface area contributed by atoms with E-state index in [1.165, 1.54) is 38.4 Å². The molecule has 1 aliphatic carbocycles. The first-order valence-electron chi connectivity index (χ1n) is 6.72. The smallest absolute Gasteiger partial charge is 0.338 e. The zero-order valence-electron chi connectivity index (χ0n) is 11.3. The molecule has 0 aliphatic heterocycles. The van der Waals surface area contributed by atoms with E-state index in [9.17, 15) is 4.79 Å². The fourth-order valence-electron chi connectivity index (χ4n) is 2.65. The predicted octanol–water partition coefficient (Wildman–Crippen LogP) is 3.13. The minimum atomic E-state index is -0.942. The monoisotopic (exact) mass is 283 g/mol. The number of rotatable bonds is 6. The van der Waals surface area contributed by atoms with E-state index in [-0.39, 0.29) is 5.56 Å². The fraction of sp³-hybridized carbons (Fsp3) is 0.643. The van der Waals surface area contributed by atoms with Gasteiger partial charge in [-0.25, -0.2) is 4.79 Å². The second kappa shape index (κ2) is 6.48. The molecule has 1 aromatic rings. The van der Waals surface area contributed by atoms with Gasteiger partial charge in [0.05, 0.1) is 12.1 Å². The van der Waals surface area contributed by atoms with E-state index in [1.54, 1.807) is 6.07 Å². The Balaban J connectivity index is 1.82. The molecule has 1 fully saturated rings. The number of furan rings is 1. The molecule has 0 unspecified atom stereocenters. The van der Waals surface area contributed by atoms with Gasteiger partial charge in [0.15, 0.2) is 0 Å². The van der Waals surface area contributed by atoms with Gasteiger partial charge in [-0.15, -0.1) is 0 Å². The van der Waals surface area contributed by atoms with E-state index in [2.05, 4.69) is 11.6 Å². The second-order valence-electron chi connectivity index (χ2n) is 5.16. The van der Waals surface area contributed by atoms with Crippen molar-refractivity contribution in [3.05, 3.63) is 23.7 Å². The van der Waals surface area contributed by atoms with Gasteiger partial charge in [0.2, 0.25) is 0 Å². The summed E-state index contributed by atoms with van der Waals surface area (Å²) in [6, 6.07) is 1.59. The molecule has 4 nitrogen and oxygen atoms in total. The molecule has 0 amide bonds. The van der Waals surface area contributed by atoms with Gasteiger partial charge in [-0.3, -0.25) is 0 Å². The van der Waals surface area contributed by atoms with Gasteiger partial charge in [-0.1, -0.05) is 19.3 Å². The lowest BCUT2D eigenvalue weighted by Crippen LogP contribution is -2.39. The molecule has 2 N–H and O–H groups in total. The van der Waals surface area contributed by atoms with E-state index >= 15 is 0 Å². The topological polar surface area (TPSA) is 62.5 Å². The van der Waals surface area contributed by atoms with E-state index < -0.39 is 5.97 Å². The van der Waals surface area contributed by atoms with Crippen LogP contribution in [-0.2, 0) is 6.54 Å². The Hall–Kier alpha value is -0.940. The quantitative estimate of drug-likeness (QED) is 0.840. The van der Waals surface area contributed by atoms with Crippen molar-refractivity contribution in [2.45, 2.75) is 43.4 Å². The molecular weight excluding hydrogens is 262 g/mol. The number of thioether (sulfide) groups is 1. The maximum atomic E-state index is 10.7. The number of aromatic carboxylic acids is 1. The molecule has 1 aliphatic rings. The van der Waals surface area contributed by atoms with Crippen molar-refractivity contribution in [3.63, 3.8) is 0 Å². The minimum Gasteiger partial charge on any atom is -0.478 e. The molecule has 0 spiro atoms. The molecule has 19 heavy (non-hydrogen) atoms. The van der Waals surface area contributed by atoms with Crippen LogP contribution in [0.25, 0.3) is 0 Å². The first-order valence-corrected chi connectivity index (χ1v) is 7.94. The summed E-state index contributed by atoms with van der Waals surface area (Å²) >= 11 is 1.95. The summed E-state index contributed by atoms with van der Waals surface area (Å²) in [5.41, 5.74) is 0.217. The number of carbonyl (C=O) groups is 1. The number of nitrogens with one attached hydrogen (secondary N) is 1. The Morgan fingerprint density at radius 3 is 2.79 bits per heavy atom. The first kappa shape index (κ1) is 14.5. The van der Waals surface area contributed by atoms with E-state index in [0.29, 0.717) is 17.1 Å². The second-order valence-corrected chi connectivity index (χ2v) is 6.43. The molecule has 0 atom stereocenters. The fourth-order valence-corrected chi connectivity index (χ4v) is 3.59. The number of hydrogen-bond acceptors (Lipinski definition) is 4. The van der Waals surface area contributed by atoms with Crippen molar-refractivity contribution in [3.8, 4) is 0 Å². The molecule has 1 heterocycles. The standard InChI is InChI=1S/C14H21NO3S/c1-19-14(5-3-2-4-6-14)10-15-8-12-7-11(9-18-12)13(16)17/h7,9,15H,2-6,8,10H2,1H3,(H,16,17). The average molecular weight is 283 g/mol. The van der Waals surface area contributed by atoms with Crippen LogP contribution in [-0.4, -0.2) is 28.6 Å². The maximum Gasteiger partial charge on any atom is 0.338 e. The molecule has 2 rings (SSSR count). The number of carboxylic acid groups (broad SMARTS) is 1. The molecule has 1 aromatic heterocycles. The van der Waals surface area contributed by atoms with Crippen LogP contribution in [0.15, 0.2) is 16.7 Å². The van der Waals surface area contributed by atoms with Gasteiger partial charge in [0, 0.05) is 11.3 Å². The minimum absolute atomic E-state index is 0.217. The molecular formula is C14H21NO3S. The summed E-state index contributed by atoms with van der Waals surface area (Å²) in [7, 11) is 0. The van der Waals surface area contributed by atoms with Crippen LogP contribution in [0.3, 0.4) is 0 Å². The highest BCUT2D eigenvalue weighted by molar-refractivity contribution is 8.00. The first-order chi connectivity index (χ1) is 9.15. The highest BCUT2D eigenvalue weighted by Gasteiger charge is 2.30. The largest absolute Gasteiger partial charge is 0.478 e. The lowest BCUT2D eigenvalue weighted by atomic mass is 9.88. The molecule has 0 saturated heterocycles. The van der Waals surface area contributed by atoms with Crippen LogP contribution in [0.1, 0.15) is 48.2 Å². The highest BCUT2D eigenvalue weighted by Crippen LogP contribution is 2.37. The highest BCUT2D eigenvalue weighted by atomic mass is 32.2. The summed E-state index contributed by atoms with van der Waals surface area (Å²) in [4.78, 5) is 10.7. The SMILES string of the molecule is CSC1(CNCc2cc(C(=O)O)co2)CCCCC1. The van der Waals surface area contributed by atoms with Crippen molar-refractivity contribution < 1.29 is 14.3 Å². The van der Waals surface area contributed by atoms with Gasteiger partial charge < -0.3 is 14.8 Å². The van der Waals surface area contributed by atoms with E-state index in [0.717, 1.165) is 6.54 Å². The number of carboxylic acids is 1. The molecule has 106 valence electrons. The lowest BCUT2D eigenvalue weighted by molar-refractivity contribution is 0.0696. The van der Waals surface area contributed by atoms with Crippen LogP contribution in [0.2, 0.25) is 0 Å². The zero-order valence-corrected chi connectivity index (χ0v) is 12.1.